The van der Waals surface area contributed by atoms with Gasteiger partial charge in [-0.2, -0.15) is 0 Å². The number of ether oxygens (including phenoxy) is 2. The van der Waals surface area contributed by atoms with Crippen LogP contribution in [-0.4, -0.2) is 53.9 Å². The highest BCUT2D eigenvalue weighted by molar-refractivity contribution is 6.36. The van der Waals surface area contributed by atoms with Gasteiger partial charge in [-0.3, -0.25) is 39.7 Å². The first kappa shape index (κ1) is 25.7. The van der Waals surface area contributed by atoms with Crippen LogP contribution in [0.2, 0.25) is 10.0 Å². The maximum absolute atomic E-state index is 12.4. The number of hydrogen-bond donors (Lipinski definition) is 2. The predicted molar refractivity (Wildman–Crippen MR) is 123 cm³/mol. The lowest BCUT2D eigenvalue weighted by Crippen LogP contribution is -2.43. The number of nitro groups is 1. The molecule has 0 radical (unpaired) electrons. The van der Waals surface area contributed by atoms with Gasteiger partial charge >= 0.3 is 5.97 Å². The number of benzene rings is 2. The van der Waals surface area contributed by atoms with Gasteiger partial charge in [-0.05, 0) is 24.3 Å². The quantitative estimate of drug-likeness (QED) is 0.303. The largest absolute Gasteiger partial charge is 0.497 e. The lowest BCUT2D eigenvalue weighted by Gasteiger charge is -2.18. The summed E-state index contributed by atoms with van der Waals surface area (Å²) in [6, 6.07) is 7.98. The Bertz CT molecular complexity index is 1210. The van der Waals surface area contributed by atoms with Gasteiger partial charge in [0.15, 0.2) is 6.61 Å². The molecular weight excluding hydrogens is 507 g/mol. The lowest BCUT2D eigenvalue weighted by atomic mass is 10.1. The number of carbonyl (C=O) groups excluding carboxylic acids is 4. The molecular formula is C21H18Cl2N4O8. The van der Waals surface area contributed by atoms with Crippen LogP contribution in [0.25, 0.3) is 0 Å². The summed E-state index contributed by atoms with van der Waals surface area (Å²) in [4.78, 5) is 59.6. The van der Waals surface area contributed by atoms with Gasteiger partial charge in [0.2, 0.25) is 5.91 Å². The fraction of sp³-hybridized carbons (Fsp3) is 0.238. The lowest BCUT2D eigenvalue weighted by molar-refractivity contribution is -0.383. The minimum absolute atomic E-state index is 0.0817. The maximum atomic E-state index is 12.4. The topological polar surface area (TPSA) is 157 Å². The zero-order chi connectivity index (χ0) is 25.7. The Morgan fingerprint density at radius 2 is 1.94 bits per heavy atom. The Balaban J connectivity index is 1.54. The van der Waals surface area contributed by atoms with E-state index in [1.165, 1.54) is 37.4 Å². The molecule has 1 fully saturated rings. The van der Waals surface area contributed by atoms with Crippen molar-refractivity contribution >= 4 is 58.3 Å². The van der Waals surface area contributed by atoms with Crippen LogP contribution in [0.1, 0.15) is 16.8 Å². The molecule has 3 amide bonds. The summed E-state index contributed by atoms with van der Waals surface area (Å²) in [5.74, 6) is -3.57. The minimum atomic E-state index is -0.942. The van der Waals surface area contributed by atoms with E-state index in [0.29, 0.717) is 5.02 Å². The monoisotopic (exact) mass is 524 g/mol. The SMILES string of the molecule is COc1ccc([N+](=O)[O-])c(NC(=O)COC(=O)[C@H]2CC(=O)N(NC(=O)c3ccc(Cl)cc3Cl)C2)c1. The molecule has 1 saturated heterocycles. The van der Waals surface area contributed by atoms with Crippen LogP contribution in [0.3, 0.4) is 0 Å². The Morgan fingerprint density at radius 3 is 2.60 bits per heavy atom. The van der Waals surface area contributed by atoms with Crippen molar-refractivity contribution in [1.29, 1.82) is 0 Å². The van der Waals surface area contributed by atoms with Crippen molar-refractivity contribution in [2.75, 3.05) is 25.6 Å². The van der Waals surface area contributed by atoms with Crippen LogP contribution >= 0.6 is 23.2 Å². The van der Waals surface area contributed by atoms with E-state index in [1.807, 2.05) is 0 Å². The maximum Gasteiger partial charge on any atom is 0.311 e. The molecule has 1 heterocycles. The standard InChI is InChI=1S/C21H18Cl2N4O8/c1-34-13-3-5-17(27(32)33)16(8-13)24-18(28)10-35-21(31)11-6-19(29)26(9-11)25-20(30)14-4-2-12(22)7-15(14)23/h2-5,7-8,11H,6,9-10H2,1H3,(H,24,28)(H,25,30)/t11-/m0/s1. The van der Waals surface area contributed by atoms with Gasteiger partial charge in [0, 0.05) is 23.6 Å². The fourth-order valence-corrected chi connectivity index (χ4v) is 3.67. The van der Waals surface area contributed by atoms with E-state index in [-0.39, 0.29) is 40.7 Å². The van der Waals surface area contributed by atoms with Crippen LogP contribution in [0, 0.1) is 16.0 Å². The highest BCUT2D eigenvalue weighted by Crippen LogP contribution is 2.29. The second kappa shape index (κ2) is 11.0. The highest BCUT2D eigenvalue weighted by Gasteiger charge is 2.37. The molecule has 35 heavy (non-hydrogen) atoms. The molecule has 12 nitrogen and oxygen atoms in total. The van der Waals surface area contributed by atoms with Crippen molar-refractivity contribution in [2.45, 2.75) is 6.42 Å². The summed E-state index contributed by atoms with van der Waals surface area (Å²) in [5, 5.41) is 14.8. The van der Waals surface area contributed by atoms with Crippen LogP contribution in [-0.2, 0) is 19.1 Å². The molecule has 0 unspecified atom stereocenters. The smallest absolute Gasteiger partial charge is 0.311 e. The highest BCUT2D eigenvalue weighted by atomic mass is 35.5. The molecule has 14 heteroatoms. The van der Waals surface area contributed by atoms with Crippen molar-refractivity contribution in [2.24, 2.45) is 5.92 Å². The van der Waals surface area contributed by atoms with Gasteiger partial charge in [-0.25, -0.2) is 0 Å². The molecule has 0 bridgehead atoms. The molecule has 184 valence electrons. The zero-order valence-corrected chi connectivity index (χ0v) is 19.6. The minimum Gasteiger partial charge on any atom is -0.497 e. The van der Waals surface area contributed by atoms with E-state index in [4.69, 9.17) is 32.7 Å². The van der Waals surface area contributed by atoms with Crippen molar-refractivity contribution in [3.05, 3.63) is 62.1 Å². The number of carbonyl (C=O) groups is 4. The Morgan fingerprint density at radius 1 is 1.20 bits per heavy atom. The van der Waals surface area contributed by atoms with E-state index in [9.17, 15) is 29.3 Å². The second-order valence-electron chi connectivity index (χ2n) is 7.27. The summed E-state index contributed by atoms with van der Waals surface area (Å²) >= 11 is 11.8. The molecule has 0 aliphatic carbocycles. The summed E-state index contributed by atoms with van der Waals surface area (Å²) in [7, 11) is 1.35. The van der Waals surface area contributed by atoms with Crippen LogP contribution < -0.4 is 15.5 Å². The van der Waals surface area contributed by atoms with E-state index in [1.54, 1.807) is 0 Å². The summed E-state index contributed by atoms with van der Waals surface area (Å²) in [6.45, 7) is -0.928. The van der Waals surface area contributed by atoms with Crippen LogP contribution in [0.15, 0.2) is 36.4 Å². The van der Waals surface area contributed by atoms with Gasteiger partial charge in [0.05, 0.1) is 35.1 Å². The first-order chi connectivity index (χ1) is 16.6. The number of anilines is 1. The van der Waals surface area contributed by atoms with Crippen molar-refractivity contribution in [3.8, 4) is 5.75 Å². The van der Waals surface area contributed by atoms with Gasteiger partial charge in [-0.15, -0.1) is 0 Å². The third-order valence-corrected chi connectivity index (χ3v) is 5.44. The molecule has 2 N–H and O–H groups in total. The normalized spacial score (nSPS) is 14.9. The number of hydrogen-bond acceptors (Lipinski definition) is 8. The van der Waals surface area contributed by atoms with Crippen molar-refractivity contribution in [1.82, 2.24) is 10.4 Å². The van der Waals surface area contributed by atoms with E-state index in [2.05, 4.69) is 10.7 Å². The number of amides is 3. The molecule has 2 aromatic carbocycles. The number of esters is 1. The summed E-state index contributed by atoms with van der Waals surface area (Å²) in [5.41, 5.74) is 1.94. The molecule has 1 atom stereocenters. The fourth-order valence-electron chi connectivity index (χ4n) is 3.17. The van der Waals surface area contributed by atoms with Crippen molar-refractivity contribution in [3.63, 3.8) is 0 Å². The van der Waals surface area contributed by atoms with E-state index in [0.717, 1.165) is 11.1 Å². The average molecular weight is 525 g/mol. The summed E-state index contributed by atoms with van der Waals surface area (Å²) < 4.78 is 9.94. The average Bonchev–Trinajstić information content (AvgIpc) is 3.17. The van der Waals surface area contributed by atoms with Gasteiger partial charge in [0.25, 0.3) is 17.5 Å². The number of halogens is 2. The van der Waals surface area contributed by atoms with Crippen LogP contribution in [0.5, 0.6) is 5.75 Å². The molecule has 1 aliphatic heterocycles. The van der Waals surface area contributed by atoms with Gasteiger partial charge in [0.1, 0.15) is 11.4 Å². The Kier molecular flexibility index (Phi) is 8.10. The molecule has 1 aliphatic rings. The molecule has 0 spiro atoms. The number of methoxy groups -OCH3 is 1. The first-order valence-electron chi connectivity index (χ1n) is 9.94. The zero-order valence-electron chi connectivity index (χ0n) is 18.1. The molecule has 2 aromatic rings. The Hall–Kier alpha value is -3.90. The second-order valence-corrected chi connectivity index (χ2v) is 8.11. The molecule has 0 saturated carbocycles. The first-order valence-corrected chi connectivity index (χ1v) is 10.7. The molecule has 3 rings (SSSR count). The van der Waals surface area contributed by atoms with E-state index >= 15 is 0 Å². The third kappa shape index (κ3) is 6.37. The summed E-state index contributed by atoms with van der Waals surface area (Å²) in [6.07, 6.45) is -0.254. The number of nitro benzene ring substituents is 1. The number of hydrazine groups is 1. The Labute approximate surface area is 208 Å². The van der Waals surface area contributed by atoms with E-state index < -0.39 is 41.1 Å². The third-order valence-electron chi connectivity index (χ3n) is 4.89. The van der Waals surface area contributed by atoms with Crippen LogP contribution in [0.4, 0.5) is 11.4 Å². The number of nitrogens with one attached hydrogen (secondary N) is 2. The molecule has 0 aromatic heterocycles. The predicted octanol–water partition coefficient (Wildman–Crippen LogP) is 2.59. The number of nitrogens with zero attached hydrogens (tertiary/aromatic N) is 2. The van der Waals surface area contributed by atoms with Gasteiger partial charge < -0.3 is 14.8 Å². The number of rotatable bonds is 8. The van der Waals surface area contributed by atoms with Gasteiger partial charge in [-0.1, -0.05) is 23.2 Å². The van der Waals surface area contributed by atoms with Crippen molar-refractivity contribution < 1.29 is 33.6 Å².